The van der Waals surface area contributed by atoms with Crippen molar-refractivity contribution < 1.29 is 5.11 Å². The van der Waals surface area contributed by atoms with Gasteiger partial charge in [-0.05, 0) is 37.1 Å². The first-order valence-corrected chi connectivity index (χ1v) is 6.07. The van der Waals surface area contributed by atoms with E-state index in [4.69, 9.17) is 5.73 Å². The molecule has 1 saturated carbocycles. The Labute approximate surface area is 92.6 Å². The van der Waals surface area contributed by atoms with Gasteiger partial charge in [0.05, 0.1) is 12.1 Å². The first-order chi connectivity index (χ1) is 6.95. The lowest BCUT2D eigenvalue weighted by molar-refractivity contribution is 0.128. The molecule has 0 aromatic heterocycles. The summed E-state index contributed by atoms with van der Waals surface area (Å²) in [6, 6.07) is 0. The Balaban J connectivity index is 1.90. The van der Waals surface area contributed by atoms with Gasteiger partial charge < -0.3 is 15.7 Å². The molecule has 88 valence electrons. The average Bonchev–Trinajstić information content (AvgIpc) is 2.93. The molecule has 1 aliphatic heterocycles. The van der Waals surface area contributed by atoms with E-state index in [-0.39, 0.29) is 12.1 Å². The third-order valence-electron chi connectivity index (χ3n) is 3.96. The number of hydrogen-bond acceptors (Lipinski definition) is 3. The lowest BCUT2D eigenvalue weighted by atomic mass is 9.92. The molecule has 1 saturated heterocycles. The van der Waals surface area contributed by atoms with Gasteiger partial charge >= 0.3 is 0 Å². The molecule has 15 heavy (non-hydrogen) atoms. The summed E-state index contributed by atoms with van der Waals surface area (Å²) >= 11 is 0. The number of hydrogen-bond donors (Lipinski definition) is 2. The van der Waals surface area contributed by atoms with Crippen molar-refractivity contribution in [1.82, 2.24) is 4.90 Å². The Morgan fingerprint density at radius 1 is 1.47 bits per heavy atom. The van der Waals surface area contributed by atoms with Crippen LogP contribution in [0.4, 0.5) is 0 Å². The summed E-state index contributed by atoms with van der Waals surface area (Å²) < 4.78 is 0. The molecule has 0 radical (unpaired) electrons. The maximum absolute atomic E-state index is 9.43. The van der Waals surface area contributed by atoms with E-state index in [1.165, 1.54) is 19.3 Å². The van der Waals surface area contributed by atoms with Crippen LogP contribution in [0.3, 0.4) is 0 Å². The van der Waals surface area contributed by atoms with Gasteiger partial charge in [-0.15, -0.1) is 0 Å². The van der Waals surface area contributed by atoms with E-state index >= 15 is 0 Å². The van der Waals surface area contributed by atoms with Crippen LogP contribution in [0.25, 0.3) is 0 Å². The molecule has 1 aliphatic carbocycles. The molecule has 0 aromatic carbocycles. The number of likely N-dealkylation sites (tertiary alicyclic amines) is 1. The van der Waals surface area contributed by atoms with Crippen LogP contribution in [0.15, 0.2) is 0 Å². The fraction of sp³-hybridized carbons (Fsp3) is 1.00. The summed E-state index contributed by atoms with van der Waals surface area (Å²) in [6.07, 6.45) is 3.65. The summed E-state index contributed by atoms with van der Waals surface area (Å²) in [6.45, 7) is 7.88. The second-order valence-electron chi connectivity index (χ2n) is 6.29. The average molecular weight is 212 g/mol. The molecule has 2 rings (SSSR count). The Hall–Kier alpha value is -0.120. The fourth-order valence-corrected chi connectivity index (χ4v) is 2.74. The predicted molar refractivity (Wildman–Crippen MR) is 61.6 cm³/mol. The van der Waals surface area contributed by atoms with Crippen LogP contribution in [0.5, 0.6) is 0 Å². The normalized spacial score (nSPS) is 30.4. The second-order valence-corrected chi connectivity index (χ2v) is 6.29. The van der Waals surface area contributed by atoms with Crippen LogP contribution < -0.4 is 5.73 Å². The third-order valence-corrected chi connectivity index (χ3v) is 3.96. The molecule has 2 fully saturated rings. The highest BCUT2D eigenvalue weighted by Crippen LogP contribution is 2.39. The minimum atomic E-state index is -0.333. The van der Waals surface area contributed by atoms with Crippen LogP contribution in [0, 0.1) is 11.3 Å². The Kier molecular flexibility index (Phi) is 2.82. The zero-order valence-corrected chi connectivity index (χ0v) is 10.00. The molecular weight excluding hydrogens is 188 g/mol. The lowest BCUT2D eigenvalue weighted by Gasteiger charge is -2.32. The molecule has 3 nitrogen and oxygen atoms in total. The zero-order valence-electron chi connectivity index (χ0n) is 10.00. The van der Waals surface area contributed by atoms with Gasteiger partial charge in [0, 0.05) is 13.1 Å². The van der Waals surface area contributed by atoms with Gasteiger partial charge in [0.25, 0.3) is 0 Å². The van der Waals surface area contributed by atoms with Gasteiger partial charge in [0.1, 0.15) is 0 Å². The number of aliphatic hydroxyl groups excluding tert-OH is 1. The molecule has 1 unspecified atom stereocenters. The summed E-state index contributed by atoms with van der Waals surface area (Å²) in [5.74, 6) is 0.561. The molecule has 0 spiro atoms. The third kappa shape index (κ3) is 2.52. The summed E-state index contributed by atoms with van der Waals surface area (Å²) in [5.41, 5.74) is 6.38. The number of rotatable bonds is 4. The van der Waals surface area contributed by atoms with Crippen molar-refractivity contribution in [3.63, 3.8) is 0 Å². The summed E-state index contributed by atoms with van der Waals surface area (Å²) in [4.78, 5) is 2.43. The molecule has 3 heteroatoms. The van der Waals surface area contributed by atoms with Crippen molar-refractivity contribution >= 4 is 0 Å². The van der Waals surface area contributed by atoms with Crippen molar-refractivity contribution in [3.8, 4) is 0 Å². The van der Waals surface area contributed by atoms with Crippen LogP contribution in [-0.2, 0) is 0 Å². The maximum atomic E-state index is 9.43. The van der Waals surface area contributed by atoms with Crippen LogP contribution in [0.2, 0.25) is 0 Å². The van der Waals surface area contributed by atoms with E-state index in [1.807, 2.05) is 0 Å². The molecule has 1 atom stereocenters. The van der Waals surface area contributed by atoms with Gasteiger partial charge in [0.15, 0.2) is 0 Å². The zero-order chi connectivity index (χ0) is 11.1. The van der Waals surface area contributed by atoms with Gasteiger partial charge in [-0.1, -0.05) is 13.8 Å². The highest BCUT2D eigenvalue weighted by Gasteiger charge is 2.44. The first kappa shape index (κ1) is 11.4. The topological polar surface area (TPSA) is 49.5 Å². The maximum Gasteiger partial charge on any atom is 0.0626 e. The van der Waals surface area contributed by atoms with Crippen molar-refractivity contribution in [2.45, 2.75) is 38.6 Å². The smallest absolute Gasteiger partial charge is 0.0626 e. The van der Waals surface area contributed by atoms with Crippen molar-refractivity contribution in [2.75, 3.05) is 26.2 Å². The Bertz CT molecular complexity index is 238. The predicted octanol–water partition coefficient (Wildman–Crippen LogP) is 0.818. The molecule has 3 N–H and O–H groups in total. The minimum Gasteiger partial charge on any atom is -0.394 e. The van der Waals surface area contributed by atoms with E-state index in [0.29, 0.717) is 11.3 Å². The quantitative estimate of drug-likeness (QED) is 0.725. The standard InChI is InChI=1S/C12H24N2O/c1-11(2)5-6-14(7-11)8-12(13,9-15)10-3-4-10/h10,15H,3-9,13H2,1-2H3. The van der Waals surface area contributed by atoms with E-state index < -0.39 is 0 Å². The molecule has 0 aromatic rings. The minimum absolute atomic E-state index is 0.134. The summed E-state index contributed by atoms with van der Waals surface area (Å²) in [7, 11) is 0. The van der Waals surface area contributed by atoms with Crippen molar-refractivity contribution in [1.29, 1.82) is 0 Å². The van der Waals surface area contributed by atoms with E-state index in [1.54, 1.807) is 0 Å². The molecule has 1 heterocycles. The lowest BCUT2D eigenvalue weighted by Crippen LogP contribution is -2.54. The van der Waals surface area contributed by atoms with E-state index in [9.17, 15) is 5.11 Å². The van der Waals surface area contributed by atoms with Crippen LogP contribution in [-0.4, -0.2) is 41.8 Å². The van der Waals surface area contributed by atoms with E-state index in [2.05, 4.69) is 18.7 Å². The van der Waals surface area contributed by atoms with Crippen LogP contribution >= 0.6 is 0 Å². The second kappa shape index (κ2) is 3.72. The van der Waals surface area contributed by atoms with Crippen LogP contribution in [0.1, 0.15) is 33.1 Å². The van der Waals surface area contributed by atoms with Gasteiger partial charge in [-0.3, -0.25) is 0 Å². The fourth-order valence-electron chi connectivity index (χ4n) is 2.74. The van der Waals surface area contributed by atoms with Crippen molar-refractivity contribution in [3.05, 3.63) is 0 Å². The van der Waals surface area contributed by atoms with E-state index in [0.717, 1.165) is 19.6 Å². The molecule has 2 aliphatic rings. The SMILES string of the molecule is CC1(C)CCN(CC(N)(CO)C2CC2)C1. The Morgan fingerprint density at radius 2 is 2.13 bits per heavy atom. The first-order valence-electron chi connectivity index (χ1n) is 6.07. The van der Waals surface area contributed by atoms with Gasteiger partial charge in [0.2, 0.25) is 0 Å². The Morgan fingerprint density at radius 3 is 2.53 bits per heavy atom. The largest absolute Gasteiger partial charge is 0.394 e. The summed E-state index contributed by atoms with van der Waals surface area (Å²) in [5, 5.41) is 9.43. The monoisotopic (exact) mass is 212 g/mol. The van der Waals surface area contributed by atoms with Crippen molar-refractivity contribution in [2.24, 2.45) is 17.1 Å². The highest BCUT2D eigenvalue weighted by atomic mass is 16.3. The number of nitrogens with zero attached hydrogens (tertiary/aromatic N) is 1. The number of nitrogens with two attached hydrogens (primary N) is 1. The molecule has 0 bridgehead atoms. The molecular formula is C12H24N2O. The van der Waals surface area contributed by atoms with Gasteiger partial charge in [-0.2, -0.15) is 0 Å². The molecule has 0 amide bonds. The highest BCUT2D eigenvalue weighted by molar-refractivity contribution is 5.01. The number of aliphatic hydroxyl groups is 1. The van der Waals surface area contributed by atoms with Gasteiger partial charge in [-0.25, -0.2) is 0 Å².